The van der Waals surface area contributed by atoms with Gasteiger partial charge >= 0.3 is 0 Å². The second kappa shape index (κ2) is 3.80. The molecule has 2 heteroatoms. The quantitative estimate of drug-likeness (QED) is 0.501. The van der Waals surface area contributed by atoms with Gasteiger partial charge in [0.2, 0.25) is 0 Å². The normalized spacial score (nSPS) is 14.1. The molecule has 0 aromatic heterocycles. The molecule has 0 amide bonds. The molecule has 0 atom stereocenters. The standard InChI is InChI=1S/C15H8N.Ti/c1-2-6-11-10(5-1)9-13-12-7-3-4-8-14(12)16-15(11)13;/h1-6,8-9H;/q-1;. The maximum atomic E-state index is 4.67. The van der Waals surface area contributed by atoms with E-state index in [-0.39, 0.29) is 21.7 Å². The minimum atomic E-state index is 0. The molecule has 0 unspecified atom stereocenters. The Morgan fingerprint density at radius 2 is 1.88 bits per heavy atom. The summed E-state index contributed by atoms with van der Waals surface area (Å²) >= 11 is 0. The van der Waals surface area contributed by atoms with E-state index in [0.717, 1.165) is 17.0 Å². The molecule has 0 N–H and O–H groups in total. The van der Waals surface area contributed by atoms with E-state index in [9.17, 15) is 0 Å². The monoisotopic (exact) mass is 250 g/mol. The Labute approximate surface area is 115 Å². The van der Waals surface area contributed by atoms with Gasteiger partial charge in [-0.3, -0.25) is 0 Å². The van der Waals surface area contributed by atoms with Gasteiger partial charge in [-0.05, 0) is 16.8 Å². The van der Waals surface area contributed by atoms with Gasteiger partial charge in [-0.15, -0.1) is 29.8 Å². The molecule has 1 aliphatic carbocycles. The third kappa shape index (κ3) is 1.40. The Bertz CT molecular complexity index is 609. The van der Waals surface area contributed by atoms with E-state index in [4.69, 9.17) is 0 Å². The van der Waals surface area contributed by atoms with Crippen molar-refractivity contribution >= 4 is 23.0 Å². The summed E-state index contributed by atoms with van der Waals surface area (Å²) in [5.74, 6) is 0. The number of hydrogen-bond donors (Lipinski definition) is 0. The van der Waals surface area contributed by atoms with Crippen molar-refractivity contribution in [3.63, 3.8) is 0 Å². The first kappa shape index (κ1) is 10.7. The molecule has 0 radical (unpaired) electrons. The van der Waals surface area contributed by atoms with Gasteiger partial charge in [0.15, 0.2) is 0 Å². The summed E-state index contributed by atoms with van der Waals surface area (Å²) in [5, 5.41) is 0. The molecular weight excluding hydrogens is 242 g/mol. The van der Waals surface area contributed by atoms with Gasteiger partial charge in [0.05, 0.1) is 0 Å². The predicted molar refractivity (Wildman–Crippen MR) is 65.8 cm³/mol. The number of aliphatic imine (C=N–C) groups is 1. The summed E-state index contributed by atoms with van der Waals surface area (Å²) in [6, 6.07) is 17.6. The molecule has 1 heterocycles. The Morgan fingerprint density at radius 1 is 1.00 bits per heavy atom. The van der Waals surface area contributed by atoms with Crippen molar-refractivity contribution in [1.82, 2.24) is 0 Å². The average Bonchev–Trinajstić information content (AvgIpc) is 2.85. The van der Waals surface area contributed by atoms with Crippen LogP contribution in [-0.2, 0) is 21.7 Å². The second-order valence-electron chi connectivity index (χ2n) is 4.04. The van der Waals surface area contributed by atoms with Crippen LogP contribution in [0.15, 0.2) is 47.5 Å². The first-order valence-corrected chi connectivity index (χ1v) is 5.35. The molecule has 0 fully saturated rings. The van der Waals surface area contributed by atoms with Gasteiger partial charge in [0.25, 0.3) is 0 Å². The van der Waals surface area contributed by atoms with Crippen molar-refractivity contribution in [3.8, 4) is 0 Å². The van der Waals surface area contributed by atoms with E-state index in [0.29, 0.717) is 0 Å². The summed E-state index contributed by atoms with van der Waals surface area (Å²) in [4.78, 5) is 4.67. The average molecular weight is 250 g/mol. The molecule has 0 spiro atoms. The predicted octanol–water partition coefficient (Wildman–Crippen LogP) is 3.47. The van der Waals surface area contributed by atoms with Crippen LogP contribution in [0.2, 0.25) is 0 Å². The molecular formula is C15H8NTi-. The van der Waals surface area contributed by atoms with Crippen molar-refractivity contribution in [2.24, 2.45) is 4.99 Å². The molecule has 2 aromatic carbocycles. The number of rotatable bonds is 0. The van der Waals surface area contributed by atoms with Crippen LogP contribution in [-0.4, -0.2) is 5.71 Å². The number of benzene rings is 2. The summed E-state index contributed by atoms with van der Waals surface area (Å²) < 4.78 is 0. The smallest absolute Gasteiger partial charge is 0.0266 e. The summed E-state index contributed by atoms with van der Waals surface area (Å²) in [6.07, 6.45) is 2.20. The van der Waals surface area contributed by atoms with E-state index in [2.05, 4.69) is 41.4 Å². The summed E-state index contributed by atoms with van der Waals surface area (Å²) in [5.41, 5.74) is 7.00. The molecule has 17 heavy (non-hydrogen) atoms. The Morgan fingerprint density at radius 3 is 2.82 bits per heavy atom. The van der Waals surface area contributed by atoms with E-state index in [1.54, 1.807) is 0 Å². The maximum Gasteiger partial charge on any atom is 0.0266 e. The Balaban J connectivity index is 0.000000902. The topological polar surface area (TPSA) is 12.4 Å². The Kier molecular flexibility index (Phi) is 2.39. The van der Waals surface area contributed by atoms with Crippen LogP contribution in [0.25, 0.3) is 11.6 Å². The van der Waals surface area contributed by atoms with Crippen molar-refractivity contribution < 1.29 is 21.7 Å². The minimum Gasteiger partial charge on any atom is -0.306 e. The SMILES string of the molecule is [Ti].[c-]1cccc2c1C1=Cc3ccccc3C1=N2. The second-order valence-corrected chi connectivity index (χ2v) is 4.04. The fourth-order valence-electron chi connectivity index (χ4n) is 2.38. The first-order valence-electron chi connectivity index (χ1n) is 5.35. The Hall–Kier alpha value is -1.44. The van der Waals surface area contributed by atoms with Crippen LogP contribution in [0.4, 0.5) is 5.69 Å². The van der Waals surface area contributed by atoms with Gasteiger partial charge in [-0.25, -0.2) is 0 Å². The zero-order valence-corrected chi connectivity index (χ0v) is 10.6. The van der Waals surface area contributed by atoms with E-state index < -0.39 is 0 Å². The van der Waals surface area contributed by atoms with Crippen molar-refractivity contribution in [2.75, 3.05) is 0 Å². The van der Waals surface area contributed by atoms with E-state index in [1.165, 1.54) is 16.7 Å². The van der Waals surface area contributed by atoms with E-state index in [1.807, 2.05) is 18.2 Å². The van der Waals surface area contributed by atoms with Gasteiger partial charge in [0.1, 0.15) is 0 Å². The molecule has 2 aliphatic rings. The first-order chi connectivity index (χ1) is 7.93. The van der Waals surface area contributed by atoms with Crippen LogP contribution >= 0.6 is 0 Å². The maximum absolute atomic E-state index is 4.67. The van der Waals surface area contributed by atoms with Crippen molar-refractivity contribution in [1.29, 1.82) is 0 Å². The third-order valence-corrected chi connectivity index (χ3v) is 3.11. The fourth-order valence-corrected chi connectivity index (χ4v) is 2.38. The number of allylic oxidation sites excluding steroid dienone is 1. The zero-order valence-electron chi connectivity index (χ0n) is 9.07. The molecule has 2 aromatic rings. The van der Waals surface area contributed by atoms with Crippen LogP contribution in [0, 0.1) is 6.07 Å². The zero-order chi connectivity index (χ0) is 10.5. The van der Waals surface area contributed by atoms with Crippen LogP contribution in [0.5, 0.6) is 0 Å². The number of hydrogen-bond acceptors (Lipinski definition) is 1. The van der Waals surface area contributed by atoms with Crippen LogP contribution in [0.1, 0.15) is 16.7 Å². The molecule has 0 saturated carbocycles. The van der Waals surface area contributed by atoms with Crippen LogP contribution < -0.4 is 0 Å². The minimum absolute atomic E-state index is 0. The molecule has 4 rings (SSSR count). The molecule has 0 saturated heterocycles. The molecule has 78 valence electrons. The molecule has 0 bridgehead atoms. The van der Waals surface area contributed by atoms with Crippen LogP contribution in [0.3, 0.4) is 0 Å². The largest absolute Gasteiger partial charge is 0.306 e. The van der Waals surface area contributed by atoms with Gasteiger partial charge in [0, 0.05) is 27.4 Å². The van der Waals surface area contributed by atoms with Crippen molar-refractivity contribution in [2.45, 2.75) is 0 Å². The molecule has 1 aliphatic heterocycles. The van der Waals surface area contributed by atoms with E-state index >= 15 is 0 Å². The van der Waals surface area contributed by atoms with Gasteiger partial charge in [-0.1, -0.05) is 35.9 Å². The third-order valence-electron chi connectivity index (χ3n) is 3.11. The molecule has 1 nitrogen and oxygen atoms in total. The summed E-state index contributed by atoms with van der Waals surface area (Å²) in [7, 11) is 0. The van der Waals surface area contributed by atoms with Gasteiger partial charge in [-0.2, -0.15) is 0 Å². The number of fused-ring (bicyclic) bond motifs is 5. The van der Waals surface area contributed by atoms with Gasteiger partial charge < -0.3 is 4.99 Å². The number of nitrogens with zero attached hydrogens (tertiary/aromatic N) is 1. The fraction of sp³-hybridized carbons (Fsp3) is 0. The summed E-state index contributed by atoms with van der Waals surface area (Å²) in [6.45, 7) is 0. The van der Waals surface area contributed by atoms with Crippen molar-refractivity contribution in [3.05, 3.63) is 65.2 Å².